The van der Waals surface area contributed by atoms with Crippen molar-refractivity contribution in [1.29, 1.82) is 0 Å². The standard InChI is InChI=1S/C24H30N4O3/c29-24(18-26-11-13-27(14-12-26)23-6-1-2-9-25-23)28-10-3-5-20(28)19-7-8-21-22(17-19)31-16-4-15-30-21/h1-2,6-9,17,20H,3-5,10-16,18H2/t20-/m1/s1. The van der Waals surface area contributed by atoms with Crippen molar-refractivity contribution in [1.82, 2.24) is 14.8 Å². The first-order valence-corrected chi connectivity index (χ1v) is 11.4. The van der Waals surface area contributed by atoms with E-state index in [1.165, 1.54) is 0 Å². The minimum Gasteiger partial charge on any atom is -0.490 e. The number of hydrogen-bond donors (Lipinski definition) is 0. The van der Waals surface area contributed by atoms with Crippen LogP contribution in [0.5, 0.6) is 11.5 Å². The zero-order chi connectivity index (χ0) is 21.0. The molecule has 7 heteroatoms. The number of benzene rings is 1. The Morgan fingerprint density at radius 1 is 0.968 bits per heavy atom. The highest BCUT2D eigenvalue weighted by Gasteiger charge is 2.32. The van der Waals surface area contributed by atoms with Gasteiger partial charge in [0.15, 0.2) is 11.5 Å². The molecule has 7 nitrogen and oxygen atoms in total. The number of likely N-dealkylation sites (tertiary alicyclic amines) is 1. The first kappa shape index (κ1) is 20.1. The lowest BCUT2D eigenvalue weighted by Gasteiger charge is -2.36. The maximum absolute atomic E-state index is 13.2. The van der Waals surface area contributed by atoms with Gasteiger partial charge in [0.05, 0.1) is 25.8 Å². The molecule has 3 aliphatic heterocycles. The summed E-state index contributed by atoms with van der Waals surface area (Å²) in [6.45, 7) is 6.23. The molecule has 31 heavy (non-hydrogen) atoms. The van der Waals surface area contributed by atoms with Gasteiger partial charge in [-0.05, 0) is 42.7 Å². The normalized spacial score (nSPS) is 21.7. The van der Waals surface area contributed by atoms with E-state index in [0.29, 0.717) is 19.8 Å². The van der Waals surface area contributed by atoms with Crippen molar-refractivity contribution in [3.63, 3.8) is 0 Å². The Kier molecular flexibility index (Phi) is 5.93. The Morgan fingerprint density at radius 3 is 2.61 bits per heavy atom. The fourth-order valence-electron chi connectivity index (χ4n) is 4.76. The summed E-state index contributed by atoms with van der Waals surface area (Å²) in [5, 5.41) is 0. The summed E-state index contributed by atoms with van der Waals surface area (Å²) in [5.41, 5.74) is 1.15. The molecular weight excluding hydrogens is 392 g/mol. The van der Waals surface area contributed by atoms with E-state index in [0.717, 1.165) is 74.9 Å². The molecule has 0 radical (unpaired) electrons. The van der Waals surface area contributed by atoms with Gasteiger partial charge in [0.1, 0.15) is 5.82 Å². The minimum atomic E-state index is 0.125. The van der Waals surface area contributed by atoms with Crippen LogP contribution in [-0.4, -0.2) is 73.2 Å². The number of nitrogens with zero attached hydrogens (tertiary/aromatic N) is 4. The highest BCUT2D eigenvalue weighted by molar-refractivity contribution is 5.79. The lowest BCUT2D eigenvalue weighted by molar-refractivity contribution is -0.133. The number of pyridine rings is 1. The van der Waals surface area contributed by atoms with Crippen LogP contribution in [0.3, 0.4) is 0 Å². The maximum atomic E-state index is 13.2. The van der Waals surface area contributed by atoms with Crippen LogP contribution in [0.2, 0.25) is 0 Å². The van der Waals surface area contributed by atoms with Crippen molar-refractivity contribution >= 4 is 11.7 Å². The Morgan fingerprint density at radius 2 is 1.81 bits per heavy atom. The Bertz CT molecular complexity index is 899. The highest BCUT2D eigenvalue weighted by Crippen LogP contribution is 2.38. The predicted molar refractivity (Wildman–Crippen MR) is 119 cm³/mol. The molecule has 1 atom stereocenters. The number of hydrogen-bond acceptors (Lipinski definition) is 6. The molecule has 0 N–H and O–H groups in total. The molecular formula is C24H30N4O3. The van der Waals surface area contributed by atoms with Crippen molar-refractivity contribution in [2.75, 3.05) is 57.4 Å². The lowest BCUT2D eigenvalue weighted by Crippen LogP contribution is -2.50. The van der Waals surface area contributed by atoms with Crippen LogP contribution in [0.4, 0.5) is 5.82 Å². The van der Waals surface area contributed by atoms with Crippen molar-refractivity contribution in [3.05, 3.63) is 48.2 Å². The summed E-state index contributed by atoms with van der Waals surface area (Å²) < 4.78 is 11.6. The Labute approximate surface area is 183 Å². The van der Waals surface area contributed by atoms with Crippen LogP contribution in [0, 0.1) is 0 Å². The summed E-state index contributed by atoms with van der Waals surface area (Å²) in [4.78, 5) is 24.3. The number of fused-ring (bicyclic) bond motifs is 1. The highest BCUT2D eigenvalue weighted by atomic mass is 16.5. The van der Waals surface area contributed by atoms with Crippen LogP contribution in [-0.2, 0) is 4.79 Å². The topological polar surface area (TPSA) is 58.1 Å². The SMILES string of the molecule is O=C(CN1CCN(c2ccccn2)CC1)N1CCC[C@@H]1c1ccc2c(c1)OCCCO2. The Hall–Kier alpha value is -2.80. The van der Waals surface area contributed by atoms with Gasteiger partial charge in [-0.3, -0.25) is 9.69 Å². The van der Waals surface area contributed by atoms with E-state index < -0.39 is 0 Å². The van der Waals surface area contributed by atoms with Gasteiger partial charge in [-0.1, -0.05) is 12.1 Å². The van der Waals surface area contributed by atoms with Crippen LogP contribution in [0.15, 0.2) is 42.6 Å². The second-order valence-electron chi connectivity index (χ2n) is 8.45. The van der Waals surface area contributed by atoms with Gasteiger partial charge < -0.3 is 19.3 Å². The van der Waals surface area contributed by atoms with Crippen LogP contribution in [0.25, 0.3) is 0 Å². The van der Waals surface area contributed by atoms with Crippen molar-refractivity contribution in [2.24, 2.45) is 0 Å². The molecule has 2 saturated heterocycles. The first-order chi connectivity index (χ1) is 15.3. The molecule has 0 unspecified atom stereocenters. The molecule has 0 saturated carbocycles. The van der Waals surface area contributed by atoms with E-state index in [1.807, 2.05) is 30.5 Å². The van der Waals surface area contributed by atoms with Crippen molar-refractivity contribution < 1.29 is 14.3 Å². The zero-order valence-electron chi connectivity index (χ0n) is 17.9. The molecule has 0 aliphatic carbocycles. The van der Waals surface area contributed by atoms with Gasteiger partial charge in [-0.25, -0.2) is 4.98 Å². The van der Waals surface area contributed by atoms with E-state index in [4.69, 9.17) is 9.47 Å². The summed E-state index contributed by atoms with van der Waals surface area (Å²) in [6.07, 6.45) is 4.77. The van der Waals surface area contributed by atoms with E-state index in [-0.39, 0.29) is 11.9 Å². The fraction of sp³-hybridized carbons (Fsp3) is 0.500. The third-order valence-electron chi connectivity index (χ3n) is 6.43. The second kappa shape index (κ2) is 9.14. The van der Waals surface area contributed by atoms with Gasteiger partial charge in [-0.2, -0.15) is 0 Å². The minimum absolute atomic E-state index is 0.125. The van der Waals surface area contributed by atoms with Crippen molar-refractivity contribution in [3.8, 4) is 11.5 Å². The monoisotopic (exact) mass is 422 g/mol. The average Bonchev–Trinajstić information content (AvgIpc) is 3.19. The van der Waals surface area contributed by atoms with Crippen molar-refractivity contribution in [2.45, 2.75) is 25.3 Å². The molecule has 1 aromatic heterocycles. The van der Waals surface area contributed by atoms with Gasteiger partial charge in [0.25, 0.3) is 0 Å². The number of ether oxygens (including phenoxy) is 2. The van der Waals surface area contributed by atoms with E-state index in [9.17, 15) is 4.79 Å². The molecule has 2 fully saturated rings. The Balaban J connectivity index is 1.20. The molecule has 3 aliphatic rings. The maximum Gasteiger partial charge on any atom is 0.237 e. The van der Waals surface area contributed by atoms with E-state index in [2.05, 4.69) is 31.8 Å². The number of carbonyl (C=O) groups is 1. The van der Waals surface area contributed by atoms with Gasteiger partial charge in [0, 0.05) is 45.3 Å². The average molecular weight is 423 g/mol. The quantitative estimate of drug-likeness (QED) is 0.755. The van der Waals surface area contributed by atoms with Crippen LogP contribution < -0.4 is 14.4 Å². The zero-order valence-corrected chi connectivity index (χ0v) is 17.9. The summed E-state index contributed by atoms with van der Waals surface area (Å²) in [5.74, 6) is 2.85. The number of carbonyl (C=O) groups excluding carboxylic acids is 1. The summed E-state index contributed by atoms with van der Waals surface area (Å²) >= 11 is 0. The molecule has 0 bridgehead atoms. The van der Waals surface area contributed by atoms with Gasteiger partial charge in [0.2, 0.25) is 5.91 Å². The summed E-state index contributed by atoms with van der Waals surface area (Å²) in [7, 11) is 0. The third-order valence-corrected chi connectivity index (χ3v) is 6.43. The molecule has 5 rings (SSSR count). The van der Waals surface area contributed by atoms with Gasteiger partial charge in [-0.15, -0.1) is 0 Å². The summed E-state index contributed by atoms with van der Waals surface area (Å²) in [6, 6.07) is 12.3. The number of piperazine rings is 1. The van der Waals surface area contributed by atoms with E-state index >= 15 is 0 Å². The molecule has 2 aromatic rings. The first-order valence-electron chi connectivity index (χ1n) is 11.4. The van der Waals surface area contributed by atoms with Crippen LogP contribution >= 0.6 is 0 Å². The molecule has 0 spiro atoms. The molecule has 1 amide bonds. The molecule has 1 aromatic carbocycles. The number of aromatic nitrogens is 1. The molecule has 164 valence electrons. The van der Waals surface area contributed by atoms with E-state index in [1.54, 1.807) is 0 Å². The van der Waals surface area contributed by atoms with Crippen LogP contribution in [0.1, 0.15) is 30.9 Å². The number of anilines is 1. The lowest BCUT2D eigenvalue weighted by atomic mass is 10.0. The fourth-order valence-corrected chi connectivity index (χ4v) is 4.76. The predicted octanol–water partition coefficient (Wildman–Crippen LogP) is 2.73. The van der Waals surface area contributed by atoms with Gasteiger partial charge >= 0.3 is 0 Å². The largest absolute Gasteiger partial charge is 0.490 e. The smallest absolute Gasteiger partial charge is 0.237 e. The third kappa shape index (κ3) is 4.46. The molecule has 4 heterocycles. The second-order valence-corrected chi connectivity index (χ2v) is 8.45. The number of amides is 1. The number of rotatable bonds is 4.